The zero-order valence-electron chi connectivity index (χ0n) is 15.5. The van der Waals surface area contributed by atoms with Crippen molar-refractivity contribution in [1.82, 2.24) is 25.1 Å². The van der Waals surface area contributed by atoms with E-state index in [0.29, 0.717) is 11.3 Å². The van der Waals surface area contributed by atoms with E-state index in [1.165, 1.54) is 11.3 Å². The van der Waals surface area contributed by atoms with Crippen LogP contribution in [0.5, 0.6) is 0 Å². The molecule has 3 aromatic heterocycles. The van der Waals surface area contributed by atoms with Crippen molar-refractivity contribution < 1.29 is 4.79 Å². The van der Waals surface area contributed by atoms with Crippen LogP contribution in [0.4, 0.5) is 0 Å². The van der Waals surface area contributed by atoms with Crippen molar-refractivity contribution in [2.24, 2.45) is 0 Å². The molecule has 0 unspecified atom stereocenters. The van der Waals surface area contributed by atoms with Crippen LogP contribution >= 0.6 is 11.3 Å². The maximum atomic E-state index is 12.5. The molecule has 0 fully saturated rings. The molecule has 4 aromatic rings. The molecule has 0 spiro atoms. The van der Waals surface area contributed by atoms with E-state index in [9.17, 15) is 4.79 Å². The number of benzene rings is 1. The van der Waals surface area contributed by atoms with Gasteiger partial charge in [-0.3, -0.25) is 19.7 Å². The van der Waals surface area contributed by atoms with Gasteiger partial charge in [-0.25, -0.2) is 0 Å². The average Bonchev–Trinajstić information content (AvgIpc) is 3.24. The first kappa shape index (κ1) is 18.1. The molecular formula is C21H17N5OS. The summed E-state index contributed by atoms with van der Waals surface area (Å²) in [5, 5.41) is 8.89. The van der Waals surface area contributed by atoms with E-state index in [1.807, 2.05) is 32.0 Å². The van der Waals surface area contributed by atoms with Crippen LogP contribution in [-0.4, -0.2) is 30.9 Å². The number of aromatic nitrogens is 5. The van der Waals surface area contributed by atoms with E-state index in [2.05, 4.69) is 25.1 Å². The summed E-state index contributed by atoms with van der Waals surface area (Å²) in [4.78, 5) is 25.5. The lowest BCUT2D eigenvalue weighted by Crippen LogP contribution is -2.07. The second-order valence-electron chi connectivity index (χ2n) is 6.46. The Morgan fingerprint density at radius 1 is 1.04 bits per heavy atom. The lowest BCUT2D eigenvalue weighted by atomic mass is 10.0. The standard InChI is InChI=1S/C21H17N5OS/c1-13-3-4-15(21-26-25-12-28-21)7-18(13)19-11-23-16(10-24-19)8-20(27)17-5-6-22-9-14(17)2/h3-7,9-12H,8H2,1-2H3. The molecule has 0 bridgehead atoms. The number of carbonyl (C=O) groups excluding carboxylic acids is 1. The van der Waals surface area contributed by atoms with Gasteiger partial charge < -0.3 is 0 Å². The minimum Gasteiger partial charge on any atom is -0.294 e. The molecule has 28 heavy (non-hydrogen) atoms. The van der Waals surface area contributed by atoms with E-state index in [1.54, 1.807) is 36.4 Å². The number of carbonyl (C=O) groups is 1. The van der Waals surface area contributed by atoms with Crippen LogP contribution in [0.1, 0.15) is 27.2 Å². The van der Waals surface area contributed by atoms with Gasteiger partial charge in [-0.05, 0) is 37.1 Å². The Labute approximate surface area is 166 Å². The number of nitrogens with zero attached hydrogens (tertiary/aromatic N) is 5. The van der Waals surface area contributed by atoms with Gasteiger partial charge in [0, 0.05) is 35.3 Å². The summed E-state index contributed by atoms with van der Waals surface area (Å²) < 4.78 is 0. The maximum Gasteiger partial charge on any atom is 0.169 e. The molecule has 1 aromatic carbocycles. The largest absolute Gasteiger partial charge is 0.294 e. The molecule has 0 aliphatic heterocycles. The van der Waals surface area contributed by atoms with Crippen molar-refractivity contribution in [3.8, 4) is 21.8 Å². The van der Waals surface area contributed by atoms with E-state index < -0.39 is 0 Å². The normalized spacial score (nSPS) is 10.8. The van der Waals surface area contributed by atoms with Crippen LogP contribution in [0, 0.1) is 13.8 Å². The fraction of sp³-hybridized carbons (Fsp3) is 0.143. The smallest absolute Gasteiger partial charge is 0.169 e. The number of aryl methyl sites for hydroxylation is 2. The highest BCUT2D eigenvalue weighted by molar-refractivity contribution is 7.12. The molecule has 0 saturated heterocycles. The zero-order chi connectivity index (χ0) is 19.5. The van der Waals surface area contributed by atoms with Crippen molar-refractivity contribution >= 4 is 17.1 Å². The lowest BCUT2D eigenvalue weighted by Gasteiger charge is -2.08. The van der Waals surface area contributed by atoms with Crippen LogP contribution in [0.25, 0.3) is 21.8 Å². The number of hydrogen-bond acceptors (Lipinski definition) is 7. The van der Waals surface area contributed by atoms with Gasteiger partial charge >= 0.3 is 0 Å². The molecule has 4 rings (SSSR count). The summed E-state index contributed by atoms with van der Waals surface area (Å²) in [6, 6.07) is 7.85. The van der Waals surface area contributed by atoms with Gasteiger partial charge in [0.1, 0.15) is 10.5 Å². The molecule has 0 N–H and O–H groups in total. The fourth-order valence-corrected chi connectivity index (χ4v) is 3.51. The van der Waals surface area contributed by atoms with Crippen LogP contribution in [0.15, 0.2) is 54.6 Å². The van der Waals surface area contributed by atoms with Crippen molar-refractivity contribution in [3.05, 3.63) is 76.9 Å². The van der Waals surface area contributed by atoms with Gasteiger partial charge in [0.2, 0.25) is 0 Å². The molecule has 138 valence electrons. The number of Topliss-reactive ketones (excluding diaryl/α,β-unsaturated/α-hetero) is 1. The summed E-state index contributed by atoms with van der Waals surface area (Å²) in [5.41, 5.74) is 7.73. The Bertz CT molecular complexity index is 1120. The third-order valence-electron chi connectivity index (χ3n) is 4.49. The Hall–Kier alpha value is -3.32. The predicted octanol–water partition coefficient (Wildman–Crippen LogP) is 4.10. The van der Waals surface area contributed by atoms with Crippen LogP contribution in [0.2, 0.25) is 0 Å². The predicted molar refractivity (Wildman–Crippen MR) is 108 cm³/mol. The summed E-state index contributed by atoms with van der Waals surface area (Å²) in [6.45, 7) is 3.91. The Morgan fingerprint density at radius 2 is 1.93 bits per heavy atom. The summed E-state index contributed by atoms with van der Waals surface area (Å²) in [6.07, 6.45) is 6.91. The average molecular weight is 387 g/mol. The number of rotatable bonds is 5. The van der Waals surface area contributed by atoms with Crippen LogP contribution in [0.3, 0.4) is 0 Å². The maximum absolute atomic E-state index is 12.5. The van der Waals surface area contributed by atoms with Gasteiger partial charge in [0.15, 0.2) is 5.78 Å². The molecule has 0 amide bonds. The second kappa shape index (κ2) is 7.74. The molecule has 6 nitrogen and oxygen atoms in total. The van der Waals surface area contributed by atoms with Crippen molar-refractivity contribution in [2.75, 3.05) is 0 Å². The first-order valence-electron chi connectivity index (χ1n) is 8.74. The van der Waals surface area contributed by atoms with E-state index in [-0.39, 0.29) is 12.2 Å². The Balaban J connectivity index is 1.58. The van der Waals surface area contributed by atoms with Gasteiger partial charge in [-0.15, -0.1) is 10.2 Å². The SMILES string of the molecule is Cc1cnccc1C(=O)Cc1cnc(-c2cc(-c3nncs3)ccc2C)cn1. The first-order valence-corrected chi connectivity index (χ1v) is 9.62. The van der Waals surface area contributed by atoms with Crippen LogP contribution in [-0.2, 0) is 6.42 Å². The lowest BCUT2D eigenvalue weighted by molar-refractivity contribution is 0.0991. The zero-order valence-corrected chi connectivity index (χ0v) is 16.3. The van der Waals surface area contributed by atoms with Gasteiger partial charge in [-0.1, -0.05) is 23.5 Å². The Kier molecular flexibility index (Phi) is 4.99. The van der Waals surface area contributed by atoms with Crippen molar-refractivity contribution in [2.45, 2.75) is 20.3 Å². The minimum absolute atomic E-state index is 0.0106. The van der Waals surface area contributed by atoms with Gasteiger partial charge in [-0.2, -0.15) is 0 Å². The summed E-state index contributed by atoms with van der Waals surface area (Å²) >= 11 is 1.49. The van der Waals surface area contributed by atoms with Gasteiger partial charge in [0.05, 0.1) is 24.0 Å². The quantitative estimate of drug-likeness (QED) is 0.480. The van der Waals surface area contributed by atoms with Gasteiger partial charge in [0.25, 0.3) is 0 Å². The molecule has 0 aliphatic rings. The molecule has 0 atom stereocenters. The molecule has 0 saturated carbocycles. The highest BCUT2D eigenvalue weighted by atomic mass is 32.1. The fourth-order valence-electron chi connectivity index (χ4n) is 2.96. The molecule has 7 heteroatoms. The first-order chi connectivity index (χ1) is 13.6. The molecule has 0 aliphatic carbocycles. The number of pyridine rings is 1. The van der Waals surface area contributed by atoms with Crippen molar-refractivity contribution in [1.29, 1.82) is 0 Å². The summed E-state index contributed by atoms with van der Waals surface area (Å²) in [7, 11) is 0. The third kappa shape index (κ3) is 3.70. The topological polar surface area (TPSA) is 81.5 Å². The number of hydrogen-bond donors (Lipinski definition) is 0. The molecule has 0 radical (unpaired) electrons. The minimum atomic E-state index is 0.0106. The monoisotopic (exact) mass is 387 g/mol. The second-order valence-corrected chi connectivity index (χ2v) is 7.29. The number of ketones is 1. The highest BCUT2D eigenvalue weighted by Gasteiger charge is 2.12. The Morgan fingerprint density at radius 3 is 2.64 bits per heavy atom. The van der Waals surface area contributed by atoms with Crippen molar-refractivity contribution in [3.63, 3.8) is 0 Å². The molecule has 3 heterocycles. The highest BCUT2D eigenvalue weighted by Crippen LogP contribution is 2.28. The third-order valence-corrected chi connectivity index (χ3v) is 5.23. The molecular weight excluding hydrogens is 370 g/mol. The van der Waals surface area contributed by atoms with E-state index in [4.69, 9.17) is 0 Å². The van der Waals surface area contributed by atoms with Crippen LogP contribution < -0.4 is 0 Å². The summed E-state index contributed by atoms with van der Waals surface area (Å²) in [5.74, 6) is 0.0106. The van der Waals surface area contributed by atoms with E-state index >= 15 is 0 Å². The van der Waals surface area contributed by atoms with E-state index in [0.717, 1.165) is 33.0 Å².